The van der Waals surface area contributed by atoms with Gasteiger partial charge in [-0.2, -0.15) is 0 Å². The maximum absolute atomic E-state index is 5.79. The van der Waals surface area contributed by atoms with Crippen molar-refractivity contribution in [1.82, 2.24) is 0 Å². The summed E-state index contributed by atoms with van der Waals surface area (Å²) in [7, 11) is 2.09. The van der Waals surface area contributed by atoms with Gasteiger partial charge in [0, 0.05) is 25.2 Å². The van der Waals surface area contributed by atoms with E-state index in [1.54, 1.807) is 0 Å². The van der Waals surface area contributed by atoms with Gasteiger partial charge in [0.15, 0.2) is 0 Å². The first-order valence-electron chi connectivity index (χ1n) is 5.74. The third-order valence-electron chi connectivity index (χ3n) is 2.91. The van der Waals surface area contributed by atoms with Crippen LogP contribution < -0.4 is 4.90 Å². The van der Waals surface area contributed by atoms with E-state index in [2.05, 4.69) is 57.8 Å². The predicted molar refractivity (Wildman–Crippen MR) is 73.9 cm³/mol. The Kier molecular flexibility index (Phi) is 4.26. The van der Waals surface area contributed by atoms with Gasteiger partial charge >= 0.3 is 0 Å². The van der Waals surface area contributed by atoms with E-state index in [0.717, 1.165) is 6.54 Å². The first kappa shape index (κ1) is 13.4. The fourth-order valence-corrected chi connectivity index (χ4v) is 1.99. The van der Waals surface area contributed by atoms with Crippen LogP contribution in [0.3, 0.4) is 0 Å². The van der Waals surface area contributed by atoms with Crippen LogP contribution in [-0.4, -0.2) is 19.5 Å². The zero-order valence-corrected chi connectivity index (χ0v) is 11.7. The molecule has 0 aliphatic carbocycles. The molecule has 1 aromatic rings. The third-order valence-corrected chi connectivity index (χ3v) is 3.08. The third kappa shape index (κ3) is 3.15. The Bertz CT molecular complexity index is 352. The first-order chi connectivity index (χ1) is 7.36. The minimum absolute atomic E-state index is 0.199. The quantitative estimate of drug-likeness (QED) is 0.722. The molecule has 1 nitrogen and oxygen atoms in total. The van der Waals surface area contributed by atoms with Gasteiger partial charge < -0.3 is 4.90 Å². The minimum Gasteiger partial charge on any atom is -0.373 e. The summed E-state index contributed by atoms with van der Waals surface area (Å²) in [6.07, 6.45) is 0. The van der Waals surface area contributed by atoms with E-state index >= 15 is 0 Å². The van der Waals surface area contributed by atoms with Crippen LogP contribution in [0.5, 0.6) is 0 Å². The van der Waals surface area contributed by atoms with Crippen molar-refractivity contribution >= 4 is 17.3 Å². The Hall–Kier alpha value is -0.690. The van der Waals surface area contributed by atoms with Gasteiger partial charge in [0.25, 0.3) is 0 Å². The fraction of sp³-hybridized carbons (Fsp3) is 0.571. The van der Waals surface area contributed by atoms with Gasteiger partial charge in [-0.15, -0.1) is 11.6 Å². The lowest BCUT2D eigenvalue weighted by Gasteiger charge is -2.25. The van der Waals surface area contributed by atoms with E-state index in [0.29, 0.717) is 5.88 Å². The van der Waals surface area contributed by atoms with Crippen molar-refractivity contribution in [1.29, 1.82) is 0 Å². The van der Waals surface area contributed by atoms with Gasteiger partial charge in [-0.25, -0.2) is 0 Å². The molecule has 16 heavy (non-hydrogen) atoms. The van der Waals surface area contributed by atoms with Gasteiger partial charge in [-0.3, -0.25) is 0 Å². The summed E-state index contributed by atoms with van der Waals surface area (Å²) in [6, 6.07) is 6.69. The molecule has 0 saturated carbocycles. The standard InChI is InChI=1S/C14H22ClN/c1-11-6-7-12(14(2,3)4)10-13(11)16(5)9-8-15/h6-7,10H,8-9H2,1-5H3. The van der Waals surface area contributed by atoms with Gasteiger partial charge in [0.1, 0.15) is 0 Å². The van der Waals surface area contributed by atoms with Gasteiger partial charge in [0.05, 0.1) is 0 Å². The number of rotatable bonds is 3. The van der Waals surface area contributed by atoms with Gasteiger partial charge in [-0.05, 0) is 29.5 Å². The molecule has 90 valence electrons. The monoisotopic (exact) mass is 239 g/mol. The molecule has 1 rings (SSSR count). The van der Waals surface area contributed by atoms with Gasteiger partial charge in [-0.1, -0.05) is 32.9 Å². The zero-order chi connectivity index (χ0) is 12.3. The van der Waals surface area contributed by atoms with Crippen LogP contribution in [0.15, 0.2) is 18.2 Å². The van der Waals surface area contributed by atoms with Crippen molar-refractivity contribution in [2.45, 2.75) is 33.1 Å². The number of halogens is 1. The highest BCUT2D eigenvalue weighted by Crippen LogP contribution is 2.28. The van der Waals surface area contributed by atoms with Crippen LogP contribution in [0.25, 0.3) is 0 Å². The van der Waals surface area contributed by atoms with Crippen molar-refractivity contribution in [3.8, 4) is 0 Å². The Labute approximate surface area is 104 Å². The van der Waals surface area contributed by atoms with E-state index in [1.807, 2.05) is 0 Å². The van der Waals surface area contributed by atoms with Crippen LogP contribution in [0.2, 0.25) is 0 Å². The lowest BCUT2D eigenvalue weighted by atomic mass is 9.86. The molecule has 2 heteroatoms. The van der Waals surface area contributed by atoms with Crippen molar-refractivity contribution in [3.63, 3.8) is 0 Å². The summed E-state index contributed by atoms with van der Waals surface area (Å²) >= 11 is 5.79. The number of nitrogens with zero attached hydrogens (tertiary/aromatic N) is 1. The minimum atomic E-state index is 0.199. The van der Waals surface area contributed by atoms with Crippen LogP contribution >= 0.6 is 11.6 Å². The Morgan fingerprint density at radius 3 is 2.38 bits per heavy atom. The largest absolute Gasteiger partial charge is 0.373 e. The number of hydrogen-bond donors (Lipinski definition) is 0. The Morgan fingerprint density at radius 1 is 1.25 bits per heavy atom. The van der Waals surface area contributed by atoms with E-state index in [9.17, 15) is 0 Å². The molecule has 0 heterocycles. The summed E-state index contributed by atoms with van der Waals surface area (Å²) in [4.78, 5) is 2.22. The maximum Gasteiger partial charge on any atom is 0.0399 e. The molecule has 0 spiro atoms. The van der Waals surface area contributed by atoms with Crippen LogP contribution in [0, 0.1) is 6.92 Å². The molecule has 0 unspecified atom stereocenters. The Morgan fingerprint density at radius 2 is 1.88 bits per heavy atom. The number of benzene rings is 1. The lowest BCUT2D eigenvalue weighted by Crippen LogP contribution is -2.21. The zero-order valence-electron chi connectivity index (χ0n) is 11.0. The average molecular weight is 240 g/mol. The highest BCUT2D eigenvalue weighted by Gasteiger charge is 2.15. The molecule has 0 radical (unpaired) electrons. The van der Waals surface area contributed by atoms with Crippen LogP contribution in [0.1, 0.15) is 31.9 Å². The molecule has 1 aromatic carbocycles. The fourth-order valence-electron chi connectivity index (χ4n) is 1.73. The molecule has 0 bridgehead atoms. The number of anilines is 1. The topological polar surface area (TPSA) is 3.24 Å². The van der Waals surface area contributed by atoms with E-state index < -0.39 is 0 Å². The smallest absolute Gasteiger partial charge is 0.0399 e. The summed E-state index contributed by atoms with van der Waals surface area (Å²) in [5.41, 5.74) is 4.16. The van der Waals surface area contributed by atoms with Crippen molar-refractivity contribution in [3.05, 3.63) is 29.3 Å². The molecule has 0 N–H and O–H groups in total. The second-order valence-electron chi connectivity index (χ2n) is 5.36. The molecule has 0 fully saturated rings. The molecule has 0 atom stereocenters. The maximum atomic E-state index is 5.79. The van der Waals surface area contributed by atoms with E-state index in [4.69, 9.17) is 11.6 Å². The normalized spacial score (nSPS) is 11.6. The van der Waals surface area contributed by atoms with Crippen LogP contribution in [0.4, 0.5) is 5.69 Å². The predicted octanol–water partition coefficient (Wildman–Crippen LogP) is 3.97. The summed E-state index contributed by atoms with van der Waals surface area (Å²) < 4.78 is 0. The van der Waals surface area contributed by atoms with Crippen LogP contribution in [-0.2, 0) is 5.41 Å². The van der Waals surface area contributed by atoms with Gasteiger partial charge in [0.2, 0.25) is 0 Å². The van der Waals surface area contributed by atoms with Crippen molar-refractivity contribution < 1.29 is 0 Å². The highest BCUT2D eigenvalue weighted by atomic mass is 35.5. The highest BCUT2D eigenvalue weighted by molar-refractivity contribution is 6.18. The lowest BCUT2D eigenvalue weighted by molar-refractivity contribution is 0.590. The second-order valence-corrected chi connectivity index (χ2v) is 5.74. The SMILES string of the molecule is Cc1ccc(C(C)(C)C)cc1N(C)CCCl. The molecular weight excluding hydrogens is 218 g/mol. The first-order valence-corrected chi connectivity index (χ1v) is 6.28. The van der Waals surface area contributed by atoms with E-state index in [-0.39, 0.29) is 5.41 Å². The average Bonchev–Trinajstić information content (AvgIpc) is 2.16. The number of hydrogen-bond acceptors (Lipinski definition) is 1. The number of alkyl halides is 1. The number of aryl methyl sites for hydroxylation is 1. The Balaban J connectivity index is 3.09. The molecule has 0 aromatic heterocycles. The van der Waals surface area contributed by atoms with E-state index in [1.165, 1.54) is 16.8 Å². The summed E-state index contributed by atoms with van der Waals surface area (Å²) in [5.74, 6) is 0.662. The molecule has 0 aliphatic rings. The summed E-state index contributed by atoms with van der Waals surface area (Å²) in [5, 5.41) is 0. The molecule has 0 saturated heterocycles. The molecule has 0 aliphatic heterocycles. The molecular formula is C14H22ClN. The second kappa shape index (κ2) is 5.09. The molecule has 0 amide bonds. The summed E-state index contributed by atoms with van der Waals surface area (Å²) in [6.45, 7) is 9.75. The van der Waals surface area contributed by atoms with Crippen molar-refractivity contribution in [2.24, 2.45) is 0 Å². The van der Waals surface area contributed by atoms with Crippen molar-refractivity contribution in [2.75, 3.05) is 24.4 Å².